The molecule has 1 aromatic heterocycles. The molecule has 92 valence electrons. The van der Waals surface area contributed by atoms with Crippen LogP contribution >= 0.6 is 0 Å². The van der Waals surface area contributed by atoms with Gasteiger partial charge in [-0.3, -0.25) is 4.68 Å². The zero-order valence-corrected chi connectivity index (χ0v) is 10.9. The topological polar surface area (TPSA) is 53.1 Å². The van der Waals surface area contributed by atoms with Crippen molar-refractivity contribution in [1.29, 1.82) is 0 Å². The fourth-order valence-corrected chi connectivity index (χ4v) is 1.65. The highest BCUT2D eigenvalue weighted by Gasteiger charge is 2.28. The molecule has 0 fully saturated rings. The van der Waals surface area contributed by atoms with Crippen molar-refractivity contribution in [3.8, 4) is 5.75 Å². The summed E-state index contributed by atoms with van der Waals surface area (Å²) in [6, 6.07) is -0.0727. The van der Waals surface area contributed by atoms with Crippen LogP contribution < -0.4 is 10.5 Å². The number of hydrogen-bond donors (Lipinski definition) is 1. The van der Waals surface area contributed by atoms with Gasteiger partial charge in [-0.2, -0.15) is 5.10 Å². The fourth-order valence-electron chi connectivity index (χ4n) is 1.65. The van der Waals surface area contributed by atoms with Crippen LogP contribution in [0.4, 0.5) is 0 Å². The van der Waals surface area contributed by atoms with E-state index in [2.05, 4.69) is 32.8 Å². The minimum Gasteiger partial charge on any atom is -0.493 e. The summed E-state index contributed by atoms with van der Waals surface area (Å²) in [4.78, 5) is 0. The molecule has 0 saturated carbocycles. The largest absolute Gasteiger partial charge is 0.493 e. The van der Waals surface area contributed by atoms with Crippen molar-refractivity contribution in [2.24, 2.45) is 11.1 Å². The maximum Gasteiger partial charge on any atom is 0.161 e. The van der Waals surface area contributed by atoms with E-state index in [9.17, 15) is 0 Å². The van der Waals surface area contributed by atoms with E-state index >= 15 is 0 Å². The van der Waals surface area contributed by atoms with Gasteiger partial charge >= 0.3 is 0 Å². The molecule has 4 heteroatoms. The highest BCUT2D eigenvalue weighted by molar-refractivity contribution is 5.29. The molecular formula is C12H23N3O. The molecule has 0 aliphatic carbocycles. The van der Waals surface area contributed by atoms with E-state index < -0.39 is 0 Å². The number of nitrogens with two attached hydrogens (primary N) is 1. The summed E-state index contributed by atoms with van der Waals surface area (Å²) in [6.07, 6.45) is 2.78. The highest BCUT2D eigenvalue weighted by Crippen LogP contribution is 2.35. The van der Waals surface area contributed by atoms with Gasteiger partial charge in [-0.05, 0) is 11.8 Å². The molecular weight excluding hydrogens is 202 g/mol. The molecule has 1 atom stereocenters. The Morgan fingerprint density at radius 3 is 2.56 bits per heavy atom. The van der Waals surface area contributed by atoms with Crippen LogP contribution in [-0.4, -0.2) is 16.9 Å². The highest BCUT2D eigenvalue weighted by atomic mass is 16.5. The molecule has 1 heterocycles. The van der Waals surface area contributed by atoms with Gasteiger partial charge in [0.15, 0.2) is 5.75 Å². The predicted molar refractivity (Wildman–Crippen MR) is 65.5 cm³/mol. The Balaban J connectivity index is 3.12. The summed E-state index contributed by atoms with van der Waals surface area (Å²) in [5.74, 6) is 0.788. The van der Waals surface area contributed by atoms with Crippen LogP contribution in [0.3, 0.4) is 0 Å². The number of aryl methyl sites for hydroxylation is 1. The minimum atomic E-state index is -0.0727. The van der Waals surface area contributed by atoms with Gasteiger partial charge in [0, 0.05) is 6.54 Å². The number of ether oxygens (including phenoxy) is 1. The molecule has 0 saturated heterocycles. The first-order valence-electron chi connectivity index (χ1n) is 5.77. The molecule has 4 nitrogen and oxygen atoms in total. The summed E-state index contributed by atoms with van der Waals surface area (Å²) >= 11 is 0. The zero-order valence-electron chi connectivity index (χ0n) is 10.9. The van der Waals surface area contributed by atoms with E-state index in [1.54, 1.807) is 13.3 Å². The number of nitrogens with zero attached hydrogens (tertiary/aromatic N) is 2. The van der Waals surface area contributed by atoms with Crippen LogP contribution in [0.15, 0.2) is 6.20 Å². The summed E-state index contributed by atoms with van der Waals surface area (Å²) < 4.78 is 7.28. The van der Waals surface area contributed by atoms with E-state index in [0.717, 1.165) is 24.4 Å². The van der Waals surface area contributed by atoms with Gasteiger partial charge in [-0.1, -0.05) is 27.7 Å². The Hall–Kier alpha value is -1.03. The normalized spacial score (nSPS) is 13.9. The van der Waals surface area contributed by atoms with Crippen LogP contribution in [-0.2, 0) is 6.54 Å². The molecule has 1 aromatic rings. The third-order valence-electron chi connectivity index (χ3n) is 2.73. The van der Waals surface area contributed by atoms with Gasteiger partial charge in [0.2, 0.25) is 0 Å². The molecule has 2 N–H and O–H groups in total. The average molecular weight is 225 g/mol. The van der Waals surface area contributed by atoms with Gasteiger partial charge in [0.25, 0.3) is 0 Å². The molecule has 0 bridgehead atoms. The second-order valence-electron chi connectivity index (χ2n) is 5.17. The Labute approximate surface area is 97.8 Å². The SMILES string of the molecule is CCCn1ncc(OC)c1C(N)C(C)(C)C. The summed E-state index contributed by atoms with van der Waals surface area (Å²) in [7, 11) is 1.66. The monoisotopic (exact) mass is 225 g/mol. The summed E-state index contributed by atoms with van der Waals surface area (Å²) in [5.41, 5.74) is 7.28. The number of aromatic nitrogens is 2. The second-order valence-corrected chi connectivity index (χ2v) is 5.17. The van der Waals surface area contributed by atoms with Gasteiger partial charge in [0.1, 0.15) is 0 Å². The quantitative estimate of drug-likeness (QED) is 0.855. The van der Waals surface area contributed by atoms with E-state index in [4.69, 9.17) is 10.5 Å². The number of hydrogen-bond acceptors (Lipinski definition) is 3. The Morgan fingerprint density at radius 1 is 1.50 bits per heavy atom. The number of methoxy groups -OCH3 is 1. The first-order valence-corrected chi connectivity index (χ1v) is 5.77. The molecule has 1 unspecified atom stereocenters. The molecule has 0 spiro atoms. The first kappa shape index (κ1) is 13.0. The van der Waals surface area contributed by atoms with Crippen molar-refractivity contribution in [1.82, 2.24) is 9.78 Å². The molecule has 1 rings (SSSR count). The van der Waals surface area contributed by atoms with Gasteiger partial charge < -0.3 is 10.5 Å². The molecule has 0 amide bonds. The summed E-state index contributed by atoms with van der Waals surface area (Å²) in [5, 5.41) is 4.32. The van der Waals surface area contributed by atoms with Crippen molar-refractivity contribution >= 4 is 0 Å². The number of rotatable bonds is 4. The average Bonchev–Trinajstić information content (AvgIpc) is 2.58. The molecule has 0 aromatic carbocycles. The second kappa shape index (κ2) is 4.87. The first-order chi connectivity index (χ1) is 7.41. The van der Waals surface area contributed by atoms with E-state index in [0.29, 0.717) is 0 Å². The zero-order chi connectivity index (χ0) is 12.3. The van der Waals surface area contributed by atoms with E-state index in [1.807, 2.05) is 4.68 Å². The van der Waals surface area contributed by atoms with E-state index in [-0.39, 0.29) is 11.5 Å². The van der Waals surface area contributed by atoms with Crippen LogP contribution in [0.1, 0.15) is 45.9 Å². The van der Waals surface area contributed by atoms with Gasteiger partial charge in [0.05, 0.1) is 25.0 Å². The Bertz CT molecular complexity index is 339. The van der Waals surface area contributed by atoms with Crippen LogP contribution in [0, 0.1) is 5.41 Å². The van der Waals surface area contributed by atoms with Gasteiger partial charge in [-0.25, -0.2) is 0 Å². The molecule has 0 aliphatic rings. The minimum absolute atomic E-state index is 0.00119. The van der Waals surface area contributed by atoms with E-state index in [1.165, 1.54) is 0 Å². The maximum absolute atomic E-state index is 6.28. The maximum atomic E-state index is 6.28. The molecule has 16 heavy (non-hydrogen) atoms. The lowest BCUT2D eigenvalue weighted by atomic mass is 9.85. The van der Waals surface area contributed by atoms with Gasteiger partial charge in [-0.15, -0.1) is 0 Å². The standard InChI is InChI=1S/C12H23N3O/c1-6-7-15-10(9(16-5)8-14-15)11(13)12(2,3)4/h8,11H,6-7,13H2,1-5H3. The lowest BCUT2D eigenvalue weighted by Crippen LogP contribution is -2.29. The van der Waals surface area contributed by atoms with Crippen LogP contribution in [0.25, 0.3) is 0 Å². The predicted octanol–water partition coefficient (Wildman–Crippen LogP) is 2.35. The van der Waals surface area contributed by atoms with Crippen molar-refractivity contribution in [2.45, 2.75) is 46.7 Å². The Kier molecular flexibility index (Phi) is 3.97. The van der Waals surface area contributed by atoms with Crippen molar-refractivity contribution in [2.75, 3.05) is 7.11 Å². The Morgan fingerprint density at radius 2 is 2.12 bits per heavy atom. The summed E-state index contributed by atoms with van der Waals surface area (Å²) in [6.45, 7) is 9.38. The molecule has 0 aliphatic heterocycles. The lowest BCUT2D eigenvalue weighted by Gasteiger charge is -2.28. The van der Waals surface area contributed by atoms with Crippen molar-refractivity contribution in [3.05, 3.63) is 11.9 Å². The van der Waals surface area contributed by atoms with Crippen molar-refractivity contribution < 1.29 is 4.74 Å². The fraction of sp³-hybridized carbons (Fsp3) is 0.750. The third kappa shape index (κ3) is 2.55. The smallest absolute Gasteiger partial charge is 0.161 e. The van der Waals surface area contributed by atoms with Crippen molar-refractivity contribution in [3.63, 3.8) is 0 Å². The van der Waals surface area contributed by atoms with Crippen LogP contribution in [0.2, 0.25) is 0 Å². The van der Waals surface area contributed by atoms with Crippen LogP contribution in [0.5, 0.6) is 5.75 Å². The lowest BCUT2D eigenvalue weighted by molar-refractivity contribution is 0.297. The molecule has 0 radical (unpaired) electrons. The third-order valence-corrected chi connectivity index (χ3v) is 2.73.